The molecule has 0 fully saturated rings. The van der Waals surface area contributed by atoms with Crippen molar-refractivity contribution in [3.8, 4) is 0 Å². The Morgan fingerprint density at radius 1 is 1.55 bits per heavy atom. The molecule has 1 amide bonds. The lowest BCUT2D eigenvalue weighted by molar-refractivity contribution is -0.109. The summed E-state index contributed by atoms with van der Waals surface area (Å²) >= 11 is 5.70. The van der Waals surface area contributed by atoms with Gasteiger partial charge in [0.15, 0.2) is 0 Å². The van der Waals surface area contributed by atoms with Gasteiger partial charge in [0.2, 0.25) is 5.95 Å². The number of carbonyl (C=O) groups is 2. The molecule has 1 rings (SSSR count). The molecule has 20 heavy (non-hydrogen) atoms. The van der Waals surface area contributed by atoms with Gasteiger partial charge in [-0.05, 0) is 26.8 Å². The predicted molar refractivity (Wildman–Crippen MR) is 74.8 cm³/mol. The number of aldehydes is 1. The molecule has 0 unspecified atom stereocenters. The van der Waals surface area contributed by atoms with Crippen molar-refractivity contribution in [3.63, 3.8) is 0 Å². The van der Waals surface area contributed by atoms with E-state index in [-0.39, 0.29) is 17.6 Å². The summed E-state index contributed by atoms with van der Waals surface area (Å²) in [5.74, 6) is 0.273. The average molecular weight is 301 g/mol. The quantitative estimate of drug-likeness (QED) is 0.634. The minimum absolute atomic E-state index is 0.128. The molecule has 0 radical (unpaired) electrons. The van der Waals surface area contributed by atoms with Crippen LogP contribution in [0.1, 0.15) is 20.8 Å². The minimum atomic E-state index is -0.757. The molecular formula is C12H17ClN4O3. The predicted octanol–water partition coefficient (Wildman–Crippen LogP) is 1.63. The van der Waals surface area contributed by atoms with Gasteiger partial charge in [0, 0.05) is 12.7 Å². The van der Waals surface area contributed by atoms with Gasteiger partial charge in [0.1, 0.15) is 23.1 Å². The van der Waals surface area contributed by atoms with Gasteiger partial charge >= 0.3 is 6.09 Å². The summed E-state index contributed by atoms with van der Waals surface area (Å²) in [6, 6.07) is 0.774. The second-order valence-corrected chi connectivity index (χ2v) is 5.36. The molecule has 1 atom stereocenters. The number of halogens is 1. The minimum Gasteiger partial charge on any atom is -0.444 e. The number of nitrogens with zero attached hydrogens (tertiary/aromatic N) is 2. The van der Waals surface area contributed by atoms with Crippen LogP contribution < -0.4 is 10.6 Å². The SMILES string of the molecule is CC(C)(C)OC(=O)N[C@H](C=O)CNc1nccc(Cl)n1. The molecule has 0 spiro atoms. The summed E-state index contributed by atoms with van der Waals surface area (Å²) in [7, 11) is 0. The first-order valence-electron chi connectivity index (χ1n) is 5.97. The third kappa shape index (κ3) is 6.33. The first kappa shape index (κ1) is 16.2. The zero-order valence-electron chi connectivity index (χ0n) is 11.5. The van der Waals surface area contributed by atoms with Crippen molar-refractivity contribution >= 4 is 29.9 Å². The van der Waals surface area contributed by atoms with Crippen molar-refractivity contribution in [2.75, 3.05) is 11.9 Å². The molecule has 1 aromatic rings. The second-order valence-electron chi connectivity index (χ2n) is 4.97. The van der Waals surface area contributed by atoms with Gasteiger partial charge in [0.05, 0.1) is 0 Å². The van der Waals surface area contributed by atoms with E-state index in [1.54, 1.807) is 20.8 Å². The molecule has 2 N–H and O–H groups in total. The van der Waals surface area contributed by atoms with Gasteiger partial charge in [-0.1, -0.05) is 11.6 Å². The summed E-state index contributed by atoms with van der Waals surface area (Å²) in [6.07, 6.45) is 1.42. The summed E-state index contributed by atoms with van der Waals surface area (Å²) in [4.78, 5) is 30.3. The van der Waals surface area contributed by atoms with Crippen LogP contribution in [0.3, 0.4) is 0 Å². The lowest BCUT2D eigenvalue weighted by Crippen LogP contribution is -2.43. The Kier molecular flexibility index (Phi) is 5.69. The Labute approximate surface area is 122 Å². The summed E-state index contributed by atoms with van der Waals surface area (Å²) in [5, 5.41) is 5.51. The second kappa shape index (κ2) is 7.04. The lowest BCUT2D eigenvalue weighted by Gasteiger charge is -2.21. The molecule has 1 aromatic heterocycles. The molecule has 7 nitrogen and oxygen atoms in total. The summed E-state index contributed by atoms with van der Waals surface area (Å²) in [5.41, 5.74) is -0.624. The molecule has 0 saturated heterocycles. The number of anilines is 1. The van der Waals surface area contributed by atoms with Crippen molar-refractivity contribution in [1.29, 1.82) is 0 Å². The molecule has 1 heterocycles. The summed E-state index contributed by atoms with van der Waals surface area (Å²) < 4.78 is 5.05. The van der Waals surface area contributed by atoms with Gasteiger partial charge in [-0.25, -0.2) is 14.8 Å². The van der Waals surface area contributed by atoms with Crippen LogP contribution in [0.5, 0.6) is 0 Å². The van der Waals surface area contributed by atoms with Crippen LogP contribution >= 0.6 is 11.6 Å². The van der Waals surface area contributed by atoms with Crippen LogP contribution in [0.25, 0.3) is 0 Å². The number of amides is 1. The van der Waals surface area contributed by atoms with E-state index in [0.29, 0.717) is 6.29 Å². The number of hydrogen-bond acceptors (Lipinski definition) is 6. The summed E-state index contributed by atoms with van der Waals surface area (Å²) in [6.45, 7) is 5.34. The fourth-order valence-corrected chi connectivity index (χ4v) is 1.35. The number of carbonyl (C=O) groups excluding carboxylic acids is 2. The van der Waals surface area contributed by atoms with Crippen molar-refractivity contribution in [2.45, 2.75) is 32.4 Å². The molecule has 8 heteroatoms. The largest absolute Gasteiger partial charge is 0.444 e. The number of nitrogens with one attached hydrogen (secondary N) is 2. The Morgan fingerprint density at radius 3 is 2.80 bits per heavy atom. The van der Waals surface area contributed by atoms with Crippen LogP contribution in [0.15, 0.2) is 12.3 Å². The van der Waals surface area contributed by atoms with Gasteiger partial charge in [0.25, 0.3) is 0 Å². The molecular weight excluding hydrogens is 284 g/mol. The van der Waals surface area contributed by atoms with Crippen LogP contribution in [0, 0.1) is 0 Å². The van der Waals surface area contributed by atoms with Crippen molar-refractivity contribution < 1.29 is 14.3 Å². The van der Waals surface area contributed by atoms with Crippen LogP contribution in [0.4, 0.5) is 10.7 Å². The van der Waals surface area contributed by atoms with E-state index in [2.05, 4.69) is 20.6 Å². The molecule has 0 saturated carbocycles. The van der Waals surface area contributed by atoms with Crippen molar-refractivity contribution in [1.82, 2.24) is 15.3 Å². The normalized spacial score (nSPS) is 12.4. The smallest absolute Gasteiger partial charge is 0.408 e. The van der Waals surface area contributed by atoms with E-state index in [9.17, 15) is 9.59 Å². The van der Waals surface area contributed by atoms with E-state index >= 15 is 0 Å². The Morgan fingerprint density at radius 2 is 2.25 bits per heavy atom. The Hall–Kier alpha value is -1.89. The topological polar surface area (TPSA) is 93.2 Å². The Bertz CT molecular complexity index is 476. The monoisotopic (exact) mass is 300 g/mol. The number of rotatable bonds is 5. The zero-order chi connectivity index (χ0) is 15.2. The highest BCUT2D eigenvalue weighted by molar-refractivity contribution is 6.29. The highest BCUT2D eigenvalue weighted by Crippen LogP contribution is 2.07. The maximum absolute atomic E-state index is 11.5. The molecule has 0 aliphatic heterocycles. The average Bonchev–Trinajstić information content (AvgIpc) is 2.32. The van der Waals surface area contributed by atoms with E-state index in [1.165, 1.54) is 12.3 Å². The van der Waals surface area contributed by atoms with Crippen LogP contribution in [-0.2, 0) is 9.53 Å². The highest BCUT2D eigenvalue weighted by atomic mass is 35.5. The van der Waals surface area contributed by atoms with E-state index in [1.807, 2.05) is 0 Å². The fourth-order valence-electron chi connectivity index (χ4n) is 1.22. The number of aromatic nitrogens is 2. The fraction of sp³-hybridized carbons (Fsp3) is 0.500. The first-order valence-corrected chi connectivity index (χ1v) is 6.35. The van der Waals surface area contributed by atoms with Gasteiger partial charge in [-0.15, -0.1) is 0 Å². The molecule has 0 aliphatic rings. The van der Waals surface area contributed by atoms with E-state index in [0.717, 1.165) is 0 Å². The highest BCUT2D eigenvalue weighted by Gasteiger charge is 2.19. The van der Waals surface area contributed by atoms with E-state index < -0.39 is 17.7 Å². The van der Waals surface area contributed by atoms with Gasteiger partial charge < -0.3 is 20.2 Å². The zero-order valence-corrected chi connectivity index (χ0v) is 12.3. The van der Waals surface area contributed by atoms with E-state index in [4.69, 9.17) is 16.3 Å². The van der Waals surface area contributed by atoms with Crippen LogP contribution in [0.2, 0.25) is 5.15 Å². The molecule has 0 bridgehead atoms. The molecule has 110 valence electrons. The maximum Gasteiger partial charge on any atom is 0.408 e. The third-order valence-corrected chi connectivity index (χ3v) is 2.18. The number of alkyl carbamates (subject to hydrolysis) is 1. The van der Waals surface area contributed by atoms with Crippen molar-refractivity contribution in [2.24, 2.45) is 0 Å². The first-order chi connectivity index (χ1) is 9.30. The molecule has 0 aliphatic carbocycles. The van der Waals surface area contributed by atoms with Gasteiger partial charge in [-0.2, -0.15) is 0 Å². The number of hydrogen-bond donors (Lipinski definition) is 2. The lowest BCUT2D eigenvalue weighted by atomic mass is 10.2. The maximum atomic E-state index is 11.5. The third-order valence-electron chi connectivity index (χ3n) is 1.97. The van der Waals surface area contributed by atoms with Crippen molar-refractivity contribution in [3.05, 3.63) is 17.4 Å². The standard InChI is InChI=1S/C12H17ClN4O3/c1-12(2,3)20-11(19)16-8(7-18)6-15-10-14-5-4-9(13)17-10/h4-5,7-8H,6H2,1-3H3,(H,16,19)(H,14,15,17)/t8-/m0/s1. The molecule has 0 aromatic carbocycles. The number of ether oxygens (including phenoxy) is 1. The van der Waals surface area contributed by atoms with Crippen LogP contribution in [-0.4, -0.2) is 40.5 Å². The van der Waals surface area contributed by atoms with Gasteiger partial charge in [-0.3, -0.25) is 0 Å². The Balaban J connectivity index is 2.47.